The van der Waals surface area contributed by atoms with Crippen LogP contribution in [-0.2, 0) is 4.74 Å². The van der Waals surface area contributed by atoms with Crippen molar-refractivity contribution < 1.29 is 32.2 Å². The number of methoxy groups -OCH3 is 2. The highest BCUT2D eigenvalue weighted by Gasteiger charge is 2.31. The maximum Gasteiger partial charge on any atom is 0.573 e. The zero-order valence-corrected chi connectivity index (χ0v) is 14.2. The molecule has 0 fully saturated rings. The number of rotatable bonds is 7. The molecule has 0 heterocycles. The summed E-state index contributed by atoms with van der Waals surface area (Å²) in [6.07, 6.45) is -5.17. The van der Waals surface area contributed by atoms with Crippen LogP contribution in [-0.4, -0.2) is 33.0 Å². The Balaban J connectivity index is 1.98. The average Bonchev–Trinajstić information content (AvgIpc) is 2.61. The van der Waals surface area contributed by atoms with Gasteiger partial charge in [0.25, 0.3) is 5.91 Å². The van der Waals surface area contributed by atoms with E-state index in [4.69, 9.17) is 9.47 Å². The number of ether oxygens (including phenoxy) is 3. The molecule has 0 aromatic heterocycles. The molecule has 2 aromatic carbocycles. The van der Waals surface area contributed by atoms with Crippen LogP contribution in [0.5, 0.6) is 11.5 Å². The molecule has 1 atom stereocenters. The van der Waals surface area contributed by atoms with Gasteiger partial charge in [0.15, 0.2) is 0 Å². The van der Waals surface area contributed by atoms with E-state index >= 15 is 0 Å². The SMILES string of the molecule is COc1cccc([C@H](CNC(=O)c2ccc(OC(F)(F)F)cc2)OC)c1. The molecule has 26 heavy (non-hydrogen) atoms. The van der Waals surface area contributed by atoms with Crippen LogP contribution >= 0.6 is 0 Å². The Morgan fingerprint density at radius 3 is 2.35 bits per heavy atom. The molecule has 0 radical (unpaired) electrons. The van der Waals surface area contributed by atoms with E-state index in [0.717, 1.165) is 17.7 Å². The van der Waals surface area contributed by atoms with Gasteiger partial charge in [-0.1, -0.05) is 12.1 Å². The standard InChI is InChI=1S/C18H18F3NO4/c1-24-15-5-3-4-13(10-15)16(25-2)11-22-17(23)12-6-8-14(9-7-12)26-18(19,20)21/h3-10,16H,11H2,1-2H3,(H,22,23)/t16-/m0/s1. The molecule has 0 bridgehead atoms. The molecule has 1 N–H and O–H groups in total. The second kappa shape index (κ2) is 8.57. The van der Waals surface area contributed by atoms with Crippen molar-refractivity contribution in [2.24, 2.45) is 0 Å². The van der Waals surface area contributed by atoms with Crippen LogP contribution < -0.4 is 14.8 Å². The van der Waals surface area contributed by atoms with Gasteiger partial charge in [-0.3, -0.25) is 4.79 Å². The highest BCUT2D eigenvalue weighted by atomic mass is 19.4. The minimum absolute atomic E-state index is 0.184. The van der Waals surface area contributed by atoms with E-state index in [2.05, 4.69) is 10.1 Å². The fourth-order valence-corrected chi connectivity index (χ4v) is 2.27. The third-order valence-corrected chi connectivity index (χ3v) is 3.55. The van der Waals surface area contributed by atoms with Gasteiger partial charge in [-0.25, -0.2) is 0 Å². The molecule has 0 spiro atoms. The van der Waals surface area contributed by atoms with Crippen LogP contribution in [0.15, 0.2) is 48.5 Å². The summed E-state index contributed by atoms with van der Waals surface area (Å²) in [5.41, 5.74) is 1.03. The summed E-state index contributed by atoms with van der Waals surface area (Å²) in [7, 11) is 3.06. The molecular weight excluding hydrogens is 351 g/mol. The summed E-state index contributed by atoms with van der Waals surface area (Å²) in [6.45, 7) is 0.184. The van der Waals surface area contributed by atoms with Crippen molar-refractivity contribution in [2.75, 3.05) is 20.8 Å². The predicted octanol–water partition coefficient (Wildman–Crippen LogP) is 3.71. The summed E-state index contributed by atoms with van der Waals surface area (Å²) < 4.78 is 50.7. The third kappa shape index (κ3) is 5.66. The summed E-state index contributed by atoms with van der Waals surface area (Å²) in [6, 6.07) is 11.9. The van der Waals surface area contributed by atoms with Crippen molar-refractivity contribution in [3.05, 3.63) is 59.7 Å². The lowest BCUT2D eigenvalue weighted by molar-refractivity contribution is -0.274. The van der Waals surface area contributed by atoms with E-state index in [9.17, 15) is 18.0 Å². The van der Waals surface area contributed by atoms with Gasteiger partial charge in [0, 0.05) is 19.2 Å². The molecule has 5 nitrogen and oxygen atoms in total. The van der Waals surface area contributed by atoms with Crippen molar-refractivity contribution in [1.29, 1.82) is 0 Å². The van der Waals surface area contributed by atoms with Crippen molar-refractivity contribution in [2.45, 2.75) is 12.5 Å². The number of carbonyl (C=O) groups is 1. The Bertz CT molecular complexity index is 732. The fourth-order valence-electron chi connectivity index (χ4n) is 2.27. The lowest BCUT2D eigenvalue weighted by Crippen LogP contribution is -2.29. The highest BCUT2D eigenvalue weighted by molar-refractivity contribution is 5.94. The molecule has 140 valence electrons. The van der Waals surface area contributed by atoms with Crippen molar-refractivity contribution in [3.8, 4) is 11.5 Å². The van der Waals surface area contributed by atoms with Gasteiger partial charge in [-0.05, 0) is 42.0 Å². The Kier molecular flexibility index (Phi) is 6.46. The molecule has 0 unspecified atom stereocenters. The zero-order valence-electron chi connectivity index (χ0n) is 14.2. The van der Waals surface area contributed by atoms with Crippen LogP contribution in [0.1, 0.15) is 22.0 Å². The topological polar surface area (TPSA) is 56.8 Å². The van der Waals surface area contributed by atoms with E-state index < -0.39 is 18.4 Å². The van der Waals surface area contributed by atoms with Gasteiger partial charge in [0.1, 0.15) is 11.5 Å². The second-order valence-electron chi connectivity index (χ2n) is 5.28. The number of benzene rings is 2. The second-order valence-corrected chi connectivity index (χ2v) is 5.28. The van der Waals surface area contributed by atoms with Crippen molar-refractivity contribution >= 4 is 5.91 Å². The third-order valence-electron chi connectivity index (χ3n) is 3.55. The Morgan fingerprint density at radius 1 is 1.08 bits per heavy atom. The van der Waals surface area contributed by atoms with E-state index in [1.54, 1.807) is 25.3 Å². The van der Waals surface area contributed by atoms with Crippen LogP contribution in [0.2, 0.25) is 0 Å². The van der Waals surface area contributed by atoms with Gasteiger partial charge < -0.3 is 19.5 Å². The highest BCUT2D eigenvalue weighted by Crippen LogP contribution is 2.23. The monoisotopic (exact) mass is 369 g/mol. The van der Waals surface area contributed by atoms with Crippen molar-refractivity contribution in [3.63, 3.8) is 0 Å². The quantitative estimate of drug-likeness (QED) is 0.808. The molecule has 2 rings (SSSR count). The molecule has 0 aliphatic rings. The van der Waals surface area contributed by atoms with Gasteiger partial charge >= 0.3 is 6.36 Å². The lowest BCUT2D eigenvalue weighted by Gasteiger charge is -2.17. The van der Waals surface area contributed by atoms with E-state index in [1.807, 2.05) is 6.07 Å². The first kappa shape index (κ1) is 19.6. The molecule has 0 aliphatic carbocycles. The average molecular weight is 369 g/mol. The summed E-state index contributed by atoms with van der Waals surface area (Å²) in [5, 5.41) is 2.69. The largest absolute Gasteiger partial charge is 0.573 e. The van der Waals surface area contributed by atoms with Gasteiger partial charge in [0.05, 0.1) is 13.2 Å². The first-order valence-corrected chi connectivity index (χ1v) is 7.63. The Morgan fingerprint density at radius 2 is 1.77 bits per heavy atom. The number of alkyl halides is 3. The van der Waals surface area contributed by atoms with Crippen LogP contribution in [0.3, 0.4) is 0 Å². The van der Waals surface area contributed by atoms with Gasteiger partial charge in [-0.15, -0.1) is 13.2 Å². The minimum Gasteiger partial charge on any atom is -0.497 e. The first-order chi connectivity index (χ1) is 12.3. The van der Waals surface area contributed by atoms with Gasteiger partial charge in [-0.2, -0.15) is 0 Å². The molecule has 8 heteroatoms. The Labute approximate surface area is 148 Å². The van der Waals surface area contributed by atoms with E-state index in [0.29, 0.717) is 5.75 Å². The maximum atomic E-state index is 12.2. The number of nitrogens with one attached hydrogen (secondary N) is 1. The number of amides is 1. The van der Waals surface area contributed by atoms with Crippen molar-refractivity contribution in [1.82, 2.24) is 5.32 Å². The van der Waals surface area contributed by atoms with Gasteiger partial charge in [0.2, 0.25) is 0 Å². The maximum absolute atomic E-state index is 12.2. The van der Waals surface area contributed by atoms with Crippen LogP contribution in [0.25, 0.3) is 0 Å². The smallest absolute Gasteiger partial charge is 0.497 e. The summed E-state index contributed by atoms with van der Waals surface area (Å²) in [4.78, 5) is 12.2. The van der Waals surface area contributed by atoms with E-state index in [-0.39, 0.29) is 17.9 Å². The fraction of sp³-hybridized carbons (Fsp3) is 0.278. The first-order valence-electron chi connectivity index (χ1n) is 7.63. The lowest BCUT2D eigenvalue weighted by atomic mass is 10.1. The molecule has 0 aliphatic heterocycles. The number of hydrogen-bond acceptors (Lipinski definition) is 4. The summed E-state index contributed by atoms with van der Waals surface area (Å²) >= 11 is 0. The minimum atomic E-state index is -4.77. The number of hydrogen-bond donors (Lipinski definition) is 1. The van der Waals surface area contributed by atoms with Crippen LogP contribution in [0.4, 0.5) is 13.2 Å². The zero-order chi connectivity index (χ0) is 19.2. The molecule has 1 amide bonds. The molecule has 2 aromatic rings. The normalized spacial score (nSPS) is 12.3. The molecular formula is C18H18F3NO4. The number of halogens is 3. The van der Waals surface area contributed by atoms with Crippen LogP contribution in [0, 0.1) is 0 Å². The predicted molar refractivity (Wildman–Crippen MR) is 88.2 cm³/mol. The molecule has 0 saturated heterocycles. The number of carbonyl (C=O) groups excluding carboxylic acids is 1. The summed E-state index contributed by atoms with van der Waals surface area (Å²) in [5.74, 6) is -0.162. The molecule has 0 saturated carbocycles. The Hall–Kier alpha value is -2.74. The van der Waals surface area contributed by atoms with E-state index in [1.165, 1.54) is 19.2 Å².